The van der Waals surface area contributed by atoms with Crippen LogP contribution >= 0.6 is 0 Å². The number of cyclic esters (lactones) is 1. The second kappa shape index (κ2) is 8.77. The number of rotatable bonds is 2. The molecule has 2 aliphatic rings. The molecule has 9 heteroatoms. The first-order valence-electron chi connectivity index (χ1n) is 11.3. The van der Waals surface area contributed by atoms with Gasteiger partial charge in [0.1, 0.15) is 6.61 Å². The summed E-state index contributed by atoms with van der Waals surface area (Å²) in [5.74, 6) is -0.707. The van der Waals surface area contributed by atoms with E-state index in [0.717, 1.165) is 22.2 Å². The van der Waals surface area contributed by atoms with E-state index >= 15 is 0 Å². The van der Waals surface area contributed by atoms with Crippen LogP contribution in [0.1, 0.15) is 30.0 Å². The standard InChI is InChI=1S/C20H16N2O4.C6H7BO2/c1-2-20(25)14-8-16-17-12(7-11-5-3-4-6-15(11)21-17)9-22(16)18(23)13(14)10-26-19(20)24;8-7(9)6-4-2-1-3-5-6/h3-8,25H,2,9-10H2,1H3;1-5,8-9H. The number of aromatic nitrogens is 2. The Morgan fingerprint density at radius 2 is 1.77 bits per heavy atom. The third-order valence-electron chi connectivity index (χ3n) is 6.51. The Morgan fingerprint density at radius 3 is 2.46 bits per heavy atom. The van der Waals surface area contributed by atoms with Crippen molar-refractivity contribution in [1.82, 2.24) is 9.55 Å². The number of hydrogen-bond donors (Lipinski definition) is 3. The molecule has 1 unspecified atom stereocenters. The van der Waals surface area contributed by atoms with E-state index in [2.05, 4.69) is 0 Å². The van der Waals surface area contributed by atoms with Crippen LogP contribution in [0.15, 0.2) is 71.5 Å². The Kier molecular flexibility index (Phi) is 5.76. The van der Waals surface area contributed by atoms with Gasteiger partial charge in [-0.25, -0.2) is 9.78 Å². The fourth-order valence-electron chi connectivity index (χ4n) is 4.55. The van der Waals surface area contributed by atoms with E-state index in [1.165, 1.54) is 0 Å². The number of carbonyl (C=O) groups excluding carboxylic acids is 1. The highest BCUT2D eigenvalue weighted by atomic mass is 16.6. The molecule has 0 spiro atoms. The lowest BCUT2D eigenvalue weighted by Crippen LogP contribution is -2.44. The molecule has 1 atom stereocenters. The summed E-state index contributed by atoms with van der Waals surface area (Å²) in [5.41, 5.74) is 2.34. The third-order valence-corrected chi connectivity index (χ3v) is 6.51. The largest absolute Gasteiger partial charge is 0.488 e. The number of nitrogens with zero attached hydrogens (tertiary/aromatic N) is 2. The molecular formula is C26H23BN2O6. The van der Waals surface area contributed by atoms with Gasteiger partial charge in [-0.1, -0.05) is 55.5 Å². The van der Waals surface area contributed by atoms with Crippen LogP contribution in [-0.2, 0) is 28.3 Å². The zero-order valence-electron chi connectivity index (χ0n) is 19.0. The summed E-state index contributed by atoms with van der Waals surface area (Å²) in [5, 5.41) is 29.0. The number of hydrogen-bond acceptors (Lipinski definition) is 7. The highest BCUT2D eigenvalue weighted by molar-refractivity contribution is 6.58. The predicted molar refractivity (Wildman–Crippen MR) is 131 cm³/mol. The minimum absolute atomic E-state index is 0.110. The highest BCUT2D eigenvalue weighted by Gasteiger charge is 2.45. The molecule has 2 aromatic carbocycles. The molecule has 0 bridgehead atoms. The van der Waals surface area contributed by atoms with Crippen molar-refractivity contribution in [3.05, 3.63) is 93.8 Å². The predicted octanol–water partition coefficient (Wildman–Crippen LogP) is 1.45. The van der Waals surface area contributed by atoms with E-state index in [1.54, 1.807) is 41.8 Å². The van der Waals surface area contributed by atoms with Crippen molar-refractivity contribution in [1.29, 1.82) is 0 Å². The molecule has 4 heterocycles. The second-order valence-corrected chi connectivity index (χ2v) is 8.58. The summed E-state index contributed by atoms with van der Waals surface area (Å²) in [6.07, 6.45) is 0.139. The fourth-order valence-corrected chi connectivity index (χ4v) is 4.55. The molecule has 35 heavy (non-hydrogen) atoms. The number of benzene rings is 2. The second-order valence-electron chi connectivity index (χ2n) is 8.58. The summed E-state index contributed by atoms with van der Waals surface area (Å²) in [6, 6.07) is 20.2. The average molecular weight is 470 g/mol. The minimum Gasteiger partial charge on any atom is -0.458 e. The molecule has 0 radical (unpaired) electrons. The quantitative estimate of drug-likeness (QED) is 0.264. The lowest BCUT2D eigenvalue weighted by atomic mass is 9.81. The molecule has 0 saturated heterocycles. The summed E-state index contributed by atoms with van der Waals surface area (Å²) >= 11 is 0. The van der Waals surface area contributed by atoms with Gasteiger partial charge in [-0.05, 0) is 30.1 Å². The summed E-state index contributed by atoms with van der Waals surface area (Å²) in [6.45, 7) is 2.01. The van der Waals surface area contributed by atoms with Crippen LogP contribution < -0.4 is 11.0 Å². The number of ether oxygens (including phenoxy) is 1. The van der Waals surface area contributed by atoms with Crippen LogP contribution in [0.4, 0.5) is 0 Å². The minimum atomic E-state index is -1.79. The van der Waals surface area contributed by atoms with Crippen LogP contribution in [0.3, 0.4) is 0 Å². The van der Waals surface area contributed by atoms with E-state index < -0.39 is 18.7 Å². The van der Waals surface area contributed by atoms with Crippen molar-refractivity contribution >= 4 is 29.5 Å². The molecule has 2 aromatic heterocycles. The molecule has 2 aliphatic heterocycles. The Labute approximate surface area is 201 Å². The molecule has 0 aliphatic carbocycles. The van der Waals surface area contributed by atoms with Crippen molar-refractivity contribution in [2.75, 3.05) is 0 Å². The normalized spacial score (nSPS) is 17.5. The lowest BCUT2D eigenvalue weighted by Gasteiger charge is -2.31. The topological polar surface area (TPSA) is 122 Å². The molecule has 0 amide bonds. The van der Waals surface area contributed by atoms with Gasteiger partial charge in [-0.3, -0.25) is 4.79 Å². The maximum Gasteiger partial charge on any atom is 0.488 e. The van der Waals surface area contributed by atoms with E-state index in [4.69, 9.17) is 19.8 Å². The van der Waals surface area contributed by atoms with Crippen molar-refractivity contribution in [2.24, 2.45) is 0 Å². The van der Waals surface area contributed by atoms with Gasteiger partial charge in [0.05, 0.1) is 29.0 Å². The SMILES string of the molecule is CCC1(O)C(=O)OCc2c1cc1n(c2=O)Cc2cc3ccccc3nc2-1.OB(O)c1ccccc1. The van der Waals surface area contributed by atoms with Crippen molar-refractivity contribution in [3.8, 4) is 11.4 Å². The third kappa shape index (κ3) is 3.83. The molecule has 8 nitrogen and oxygen atoms in total. The van der Waals surface area contributed by atoms with Crippen molar-refractivity contribution in [3.63, 3.8) is 0 Å². The molecule has 4 aromatic rings. The van der Waals surface area contributed by atoms with Gasteiger partial charge in [0.25, 0.3) is 5.56 Å². The number of fused-ring (bicyclic) bond motifs is 5. The Bertz CT molecular complexity index is 1500. The maximum absolute atomic E-state index is 13.0. The fraction of sp³-hybridized carbons (Fsp3) is 0.192. The number of esters is 1. The molecule has 176 valence electrons. The summed E-state index contributed by atoms with van der Waals surface area (Å²) in [4.78, 5) is 29.9. The first-order valence-corrected chi connectivity index (χ1v) is 11.3. The molecule has 6 rings (SSSR count). The first kappa shape index (κ1) is 23.0. The van der Waals surface area contributed by atoms with E-state index in [0.29, 0.717) is 28.8 Å². The molecular weight excluding hydrogens is 447 g/mol. The smallest absolute Gasteiger partial charge is 0.458 e. The van der Waals surface area contributed by atoms with Gasteiger partial charge in [0, 0.05) is 16.5 Å². The van der Waals surface area contributed by atoms with Crippen LogP contribution in [0.25, 0.3) is 22.3 Å². The number of pyridine rings is 2. The summed E-state index contributed by atoms with van der Waals surface area (Å²) < 4.78 is 6.72. The van der Waals surface area contributed by atoms with Gasteiger partial charge in [-0.2, -0.15) is 0 Å². The van der Waals surface area contributed by atoms with E-state index in [1.807, 2.05) is 36.4 Å². The Balaban J connectivity index is 0.000000239. The Morgan fingerprint density at radius 1 is 1.06 bits per heavy atom. The molecule has 0 saturated carbocycles. The lowest BCUT2D eigenvalue weighted by molar-refractivity contribution is -0.172. The van der Waals surface area contributed by atoms with Gasteiger partial charge in [0.15, 0.2) is 5.60 Å². The average Bonchev–Trinajstić information content (AvgIpc) is 3.24. The van der Waals surface area contributed by atoms with E-state index in [-0.39, 0.29) is 18.6 Å². The van der Waals surface area contributed by atoms with Crippen LogP contribution in [0.5, 0.6) is 0 Å². The van der Waals surface area contributed by atoms with Crippen LogP contribution in [-0.4, -0.2) is 37.8 Å². The number of para-hydroxylation sites is 1. The molecule has 0 fully saturated rings. The monoisotopic (exact) mass is 470 g/mol. The number of aliphatic hydroxyl groups is 1. The summed E-state index contributed by atoms with van der Waals surface area (Å²) in [7, 11) is -1.34. The number of carbonyl (C=O) groups is 1. The zero-order valence-corrected chi connectivity index (χ0v) is 19.0. The van der Waals surface area contributed by atoms with Gasteiger partial charge < -0.3 is 24.5 Å². The van der Waals surface area contributed by atoms with Crippen LogP contribution in [0, 0.1) is 0 Å². The zero-order chi connectivity index (χ0) is 24.7. The highest BCUT2D eigenvalue weighted by Crippen LogP contribution is 2.38. The van der Waals surface area contributed by atoms with Crippen molar-refractivity contribution in [2.45, 2.75) is 32.1 Å². The van der Waals surface area contributed by atoms with Crippen molar-refractivity contribution < 1.29 is 24.7 Å². The van der Waals surface area contributed by atoms with Crippen LogP contribution in [0.2, 0.25) is 0 Å². The Hall–Kier alpha value is -3.79. The van der Waals surface area contributed by atoms with Gasteiger partial charge in [0.2, 0.25) is 0 Å². The molecule has 3 N–H and O–H groups in total. The van der Waals surface area contributed by atoms with Gasteiger partial charge in [-0.15, -0.1) is 0 Å². The van der Waals surface area contributed by atoms with E-state index in [9.17, 15) is 14.7 Å². The maximum atomic E-state index is 13.0. The van der Waals surface area contributed by atoms with Gasteiger partial charge >= 0.3 is 13.1 Å². The first-order chi connectivity index (χ1) is 16.8.